The molecule has 2 N–H and O–H groups in total. The first-order chi connectivity index (χ1) is 8.06. The van der Waals surface area contributed by atoms with Crippen LogP contribution in [0.1, 0.15) is 32.9 Å². The average Bonchev–Trinajstić information content (AvgIpc) is 2.73. The molecule has 4 heteroatoms. The smallest absolute Gasteiger partial charge is 0.230 e. The number of hydrogen-bond acceptors (Lipinski definition) is 4. The Balaban J connectivity index is 2.59. The topological polar surface area (TPSA) is 64.9 Å². The summed E-state index contributed by atoms with van der Waals surface area (Å²) in [6, 6.07) is 3.84. The number of rotatable bonds is 3. The van der Waals surface area contributed by atoms with Crippen molar-refractivity contribution >= 4 is 5.88 Å². The van der Waals surface area contributed by atoms with Crippen LogP contribution in [0, 0.1) is 0 Å². The van der Waals surface area contributed by atoms with Crippen molar-refractivity contribution in [3.8, 4) is 11.1 Å². The second kappa shape index (κ2) is 4.20. The van der Waals surface area contributed by atoms with Gasteiger partial charge in [0.25, 0.3) is 0 Å². The maximum Gasteiger partial charge on any atom is 0.230 e. The Labute approximate surface area is 101 Å². The molecule has 0 saturated heterocycles. The third kappa shape index (κ3) is 2.02. The lowest BCUT2D eigenvalue weighted by Gasteiger charge is -2.20. The molecule has 0 aliphatic heterocycles. The fourth-order valence-corrected chi connectivity index (χ4v) is 1.72. The molecule has 0 unspecified atom stereocenters. The summed E-state index contributed by atoms with van der Waals surface area (Å²) in [7, 11) is 0. The van der Waals surface area contributed by atoms with Gasteiger partial charge in [-0.1, -0.05) is 32.0 Å². The van der Waals surface area contributed by atoms with Gasteiger partial charge in [0.05, 0.1) is 11.3 Å². The summed E-state index contributed by atoms with van der Waals surface area (Å²) < 4.78 is 5.14. The molecule has 0 saturated carbocycles. The standard InChI is InChI=1S/C13H17N3O/c1-4-13(2,3)11-10(12(14)17-16-11)9-6-5-7-15-8-9/h5-8H,4,14H2,1-3H3. The Morgan fingerprint density at radius 1 is 1.41 bits per heavy atom. The summed E-state index contributed by atoms with van der Waals surface area (Å²) in [5.41, 5.74) is 8.51. The minimum absolute atomic E-state index is 0.0632. The van der Waals surface area contributed by atoms with Crippen LogP contribution in [0.5, 0.6) is 0 Å². The van der Waals surface area contributed by atoms with E-state index >= 15 is 0 Å². The fraction of sp³-hybridized carbons (Fsp3) is 0.385. The summed E-state index contributed by atoms with van der Waals surface area (Å²) in [5, 5.41) is 4.11. The van der Waals surface area contributed by atoms with E-state index in [4.69, 9.17) is 10.3 Å². The molecule has 2 aromatic rings. The van der Waals surface area contributed by atoms with Gasteiger partial charge >= 0.3 is 0 Å². The number of anilines is 1. The van der Waals surface area contributed by atoms with Gasteiger partial charge in [0.1, 0.15) is 0 Å². The molecule has 4 nitrogen and oxygen atoms in total. The van der Waals surface area contributed by atoms with E-state index in [2.05, 4.69) is 30.9 Å². The molecule has 0 atom stereocenters. The highest BCUT2D eigenvalue weighted by molar-refractivity contribution is 5.75. The summed E-state index contributed by atoms with van der Waals surface area (Å²) in [5.74, 6) is 0.356. The molecule has 0 aliphatic rings. The highest BCUT2D eigenvalue weighted by Gasteiger charge is 2.28. The van der Waals surface area contributed by atoms with Crippen molar-refractivity contribution in [2.75, 3.05) is 5.73 Å². The predicted octanol–water partition coefficient (Wildman–Crippen LogP) is 3.01. The maximum absolute atomic E-state index is 5.87. The van der Waals surface area contributed by atoms with Gasteiger partial charge in [-0.3, -0.25) is 4.98 Å². The first kappa shape index (κ1) is 11.6. The molecule has 0 aliphatic carbocycles. The number of pyridine rings is 1. The lowest BCUT2D eigenvalue weighted by atomic mass is 9.83. The third-order valence-corrected chi connectivity index (χ3v) is 3.19. The van der Waals surface area contributed by atoms with Gasteiger partial charge in [-0.15, -0.1) is 0 Å². The van der Waals surface area contributed by atoms with Crippen molar-refractivity contribution in [1.29, 1.82) is 0 Å². The molecule has 2 aromatic heterocycles. The normalized spacial score (nSPS) is 11.7. The summed E-state index contributed by atoms with van der Waals surface area (Å²) >= 11 is 0. The van der Waals surface area contributed by atoms with Crippen LogP contribution in [0.3, 0.4) is 0 Å². The average molecular weight is 231 g/mol. The molecule has 2 rings (SSSR count). The Kier molecular flexibility index (Phi) is 2.88. The Bertz CT molecular complexity index is 503. The molecule has 0 amide bonds. The van der Waals surface area contributed by atoms with Gasteiger partial charge in [-0.25, -0.2) is 0 Å². The van der Waals surface area contributed by atoms with E-state index in [1.165, 1.54) is 0 Å². The zero-order valence-corrected chi connectivity index (χ0v) is 10.4. The molecule has 2 heterocycles. The van der Waals surface area contributed by atoms with Crippen LogP contribution >= 0.6 is 0 Å². The largest absolute Gasteiger partial charge is 0.367 e. The molecular formula is C13H17N3O. The van der Waals surface area contributed by atoms with Gasteiger partial charge in [-0.2, -0.15) is 0 Å². The number of nitrogens with two attached hydrogens (primary N) is 1. The maximum atomic E-state index is 5.87. The monoisotopic (exact) mass is 231 g/mol. The van der Waals surface area contributed by atoms with Crippen molar-refractivity contribution in [2.24, 2.45) is 0 Å². The van der Waals surface area contributed by atoms with E-state index in [9.17, 15) is 0 Å². The van der Waals surface area contributed by atoms with Gasteiger partial charge in [-0.05, 0) is 12.5 Å². The number of hydrogen-bond donors (Lipinski definition) is 1. The van der Waals surface area contributed by atoms with E-state index in [0.717, 1.165) is 23.2 Å². The predicted molar refractivity (Wildman–Crippen MR) is 67.5 cm³/mol. The molecular weight excluding hydrogens is 214 g/mol. The number of nitrogens with zero attached hydrogens (tertiary/aromatic N) is 2. The van der Waals surface area contributed by atoms with Gasteiger partial charge in [0.15, 0.2) is 0 Å². The van der Waals surface area contributed by atoms with Crippen LogP contribution < -0.4 is 5.73 Å². The van der Waals surface area contributed by atoms with E-state index in [1.807, 2.05) is 12.1 Å². The molecule has 90 valence electrons. The fourth-order valence-electron chi connectivity index (χ4n) is 1.72. The van der Waals surface area contributed by atoms with Gasteiger partial charge in [0.2, 0.25) is 5.88 Å². The quantitative estimate of drug-likeness (QED) is 0.881. The zero-order valence-electron chi connectivity index (χ0n) is 10.4. The Morgan fingerprint density at radius 3 is 2.76 bits per heavy atom. The van der Waals surface area contributed by atoms with Crippen LogP contribution in [0.2, 0.25) is 0 Å². The SMILES string of the molecule is CCC(C)(C)c1noc(N)c1-c1cccnc1. The van der Waals surface area contributed by atoms with Crippen LogP contribution in [-0.4, -0.2) is 10.1 Å². The second-order valence-corrected chi connectivity index (χ2v) is 4.75. The van der Waals surface area contributed by atoms with Gasteiger partial charge in [0, 0.05) is 23.4 Å². The van der Waals surface area contributed by atoms with Crippen LogP contribution in [0.25, 0.3) is 11.1 Å². The lowest BCUT2D eigenvalue weighted by molar-refractivity contribution is 0.391. The Morgan fingerprint density at radius 2 is 2.18 bits per heavy atom. The molecule has 0 aromatic carbocycles. The Hall–Kier alpha value is -1.84. The molecule has 0 spiro atoms. The van der Waals surface area contributed by atoms with Crippen molar-refractivity contribution in [3.63, 3.8) is 0 Å². The highest BCUT2D eigenvalue weighted by atomic mass is 16.5. The van der Waals surface area contributed by atoms with E-state index in [1.54, 1.807) is 12.4 Å². The van der Waals surface area contributed by atoms with Crippen molar-refractivity contribution in [1.82, 2.24) is 10.1 Å². The first-order valence-corrected chi connectivity index (χ1v) is 5.72. The summed E-state index contributed by atoms with van der Waals surface area (Å²) in [6.07, 6.45) is 4.47. The number of nitrogen functional groups attached to an aromatic ring is 1. The van der Waals surface area contributed by atoms with Crippen LogP contribution in [0.15, 0.2) is 29.0 Å². The van der Waals surface area contributed by atoms with E-state index in [-0.39, 0.29) is 5.41 Å². The van der Waals surface area contributed by atoms with Crippen LogP contribution in [-0.2, 0) is 5.41 Å². The third-order valence-electron chi connectivity index (χ3n) is 3.19. The van der Waals surface area contributed by atoms with E-state index in [0.29, 0.717) is 5.88 Å². The first-order valence-electron chi connectivity index (χ1n) is 5.72. The number of aromatic nitrogens is 2. The molecule has 0 radical (unpaired) electrons. The summed E-state index contributed by atoms with van der Waals surface area (Å²) in [6.45, 7) is 6.38. The minimum atomic E-state index is -0.0632. The van der Waals surface area contributed by atoms with Crippen molar-refractivity contribution in [3.05, 3.63) is 30.2 Å². The molecule has 0 bridgehead atoms. The summed E-state index contributed by atoms with van der Waals surface area (Å²) in [4.78, 5) is 4.11. The second-order valence-electron chi connectivity index (χ2n) is 4.75. The zero-order chi connectivity index (χ0) is 12.5. The minimum Gasteiger partial charge on any atom is -0.367 e. The van der Waals surface area contributed by atoms with Crippen LogP contribution in [0.4, 0.5) is 5.88 Å². The van der Waals surface area contributed by atoms with E-state index < -0.39 is 0 Å². The van der Waals surface area contributed by atoms with Crippen molar-refractivity contribution < 1.29 is 4.52 Å². The molecule has 17 heavy (non-hydrogen) atoms. The van der Waals surface area contributed by atoms with Crippen molar-refractivity contribution in [2.45, 2.75) is 32.6 Å². The highest BCUT2D eigenvalue weighted by Crippen LogP contribution is 2.37. The lowest BCUT2D eigenvalue weighted by Crippen LogP contribution is -2.17. The van der Waals surface area contributed by atoms with Gasteiger partial charge < -0.3 is 10.3 Å². The molecule has 0 fully saturated rings.